The predicted octanol–water partition coefficient (Wildman–Crippen LogP) is 2.79. The van der Waals surface area contributed by atoms with Crippen molar-refractivity contribution in [3.63, 3.8) is 0 Å². The lowest BCUT2D eigenvalue weighted by Crippen LogP contribution is -2.14. The zero-order valence-electron chi connectivity index (χ0n) is 12.3. The molecule has 6 nitrogen and oxygen atoms in total. The Labute approximate surface area is 123 Å². The van der Waals surface area contributed by atoms with Gasteiger partial charge in [0.15, 0.2) is 5.82 Å². The molecule has 1 saturated carbocycles. The average Bonchev–Trinajstić information content (AvgIpc) is 3.12. The largest absolute Gasteiger partial charge is 0.448 e. The van der Waals surface area contributed by atoms with Gasteiger partial charge in [0, 0.05) is 17.7 Å². The maximum absolute atomic E-state index is 11.9. The second kappa shape index (κ2) is 5.71. The molecule has 0 aromatic carbocycles. The van der Waals surface area contributed by atoms with Crippen molar-refractivity contribution in [1.82, 2.24) is 15.2 Å². The Morgan fingerprint density at radius 3 is 3.05 bits per heavy atom. The molecule has 6 heteroatoms. The number of nitrogens with zero attached hydrogens (tertiary/aromatic N) is 2. The van der Waals surface area contributed by atoms with Crippen molar-refractivity contribution in [3.05, 3.63) is 29.6 Å². The summed E-state index contributed by atoms with van der Waals surface area (Å²) in [5, 5.41) is 9.98. The van der Waals surface area contributed by atoms with E-state index in [4.69, 9.17) is 4.42 Å². The molecule has 0 aliphatic heterocycles. The van der Waals surface area contributed by atoms with Gasteiger partial charge in [-0.2, -0.15) is 5.10 Å². The summed E-state index contributed by atoms with van der Waals surface area (Å²) in [7, 11) is 0. The number of carbonyl (C=O) groups excluding carboxylic acids is 1. The number of carbonyl (C=O) groups is 1. The lowest BCUT2D eigenvalue weighted by molar-refractivity contribution is -0.115. The molecule has 3 rings (SSSR count). The van der Waals surface area contributed by atoms with Crippen molar-refractivity contribution >= 4 is 11.7 Å². The van der Waals surface area contributed by atoms with Crippen LogP contribution in [0.1, 0.15) is 49.4 Å². The zero-order valence-corrected chi connectivity index (χ0v) is 12.3. The van der Waals surface area contributed by atoms with Crippen LogP contribution in [0.4, 0.5) is 5.82 Å². The molecule has 2 atom stereocenters. The lowest BCUT2D eigenvalue weighted by atomic mass is 10.0. The molecule has 0 unspecified atom stereocenters. The topological polar surface area (TPSA) is 83.8 Å². The average molecular weight is 288 g/mol. The molecule has 0 bridgehead atoms. The van der Waals surface area contributed by atoms with Gasteiger partial charge in [-0.3, -0.25) is 9.89 Å². The maximum atomic E-state index is 11.9. The molecule has 2 aromatic rings. The van der Waals surface area contributed by atoms with Crippen LogP contribution < -0.4 is 5.32 Å². The second-order valence-electron chi connectivity index (χ2n) is 5.93. The third-order valence-corrected chi connectivity index (χ3v) is 3.98. The lowest BCUT2D eigenvalue weighted by Gasteiger charge is -2.04. The summed E-state index contributed by atoms with van der Waals surface area (Å²) in [6.45, 7) is 4.10. The van der Waals surface area contributed by atoms with E-state index in [-0.39, 0.29) is 12.3 Å². The summed E-state index contributed by atoms with van der Waals surface area (Å²) in [5.41, 5.74) is 1.89. The fourth-order valence-electron chi connectivity index (χ4n) is 2.91. The van der Waals surface area contributed by atoms with E-state index in [2.05, 4.69) is 27.4 Å². The molecular formula is C15H20N4O2. The first-order valence-electron chi connectivity index (χ1n) is 7.36. The van der Waals surface area contributed by atoms with Gasteiger partial charge < -0.3 is 9.73 Å². The monoisotopic (exact) mass is 288 g/mol. The maximum Gasteiger partial charge on any atom is 0.234 e. The number of aromatic amines is 1. The first-order valence-corrected chi connectivity index (χ1v) is 7.36. The molecule has 1 fully saturated rings. The highest BCUT2D eigenvalue weighted by molar-refractivity contribution is 5.90. The molecule has 0 saturated heterocycles. The van der Waals surface area contributed by atoms with Gasteiger partial charge in [-0.1, -0.05) is 13.3 Å². The van der Waals surface area contributed by atoms with Crippen molar-refractivity contribution in [2.45, 2.75) is 45.4 Å². The Balaban J connectivity index is 1.58. The molecular weight excluding hydrogens is 268 g/mol. The number of anilines is 1. The summed E-state index contributed by atoms with van der Waals surface area (Å²) in [4.78, 5) is 16.0. The molecule has 21 heavy (non-hydrogen) atoms. The van der Waals surface area contributed by atoms with E-state index in [0.717, 1.165) is 17.3 Å². The molecule has 1 aliphatic carbocycles. The first-order chi connectivity index (χ1) is 10.1. The highest BCUT2D eigenvalue weighted by Crippen LogP contribution is 2.37. The van der Waals surface area contributed by atoms with Crippen molar-refractivity contribution in [1.29, 1.82) is 0 Å². The summed E-state index contributed by atoms with van der Waals surface area (Å²) >= 11 is 0. The summed E-state index contributed by atoms with van der Waals surface area (Å²) in [6.07, 6.45) is 5.29. The van der Waals surface area contributed by atoms with Gasteiger partial charge in [0.1, 0.15) is 12.7 Å². The van der Waals surface area contributed by atoms with Gasteiger partial charge in [-0.25, -0.2) is 4.98 Å². The number of aryl methyl sites for hydroxylation is 1. The highest BCUT2D eigenvalue weighted by Gasteiger charge is 2.24. The summed E-state index contributed by atoms with van der Waals surface area (Å²) in [5.74, 6) is 2.12. The summed E-state index contributed by atoms with van der Waals surface area (Å²) in [6, 6.07) is 1.93. The molecule has 2 heterocycles. The van der Waals surface area contributed by atoms with Gasteiger partial charge in [-0.05, 0) is 25.7 Å². The first kappa shape index (κ1) is 13.9. The van der Waals surface area contributed by atoms with Crippen LogP contribution in [0.15, 0.2) is 16.7 Å². The molecule has 2 aromatic heterocycles. The minimum absolute atomic E-state index is 0.122. The Hall–Kier alpha value is -2.11. The van der Waals surface area contributed by atoms with Crippen LogP contribution >= 0.6 is 0 Å². The highest BCUT2D eigenvalue weighted by atomic mass is 16.3. The quantitative estimate of drug-likeness (QED) is 0.906. The fraction of sp³-hybridized carbons (Fsp3) is 0.533. The number of oxazole rings is 1. The van der Waals surface area contributed by atoms with E-state index in [1.807, 2.05) is 13.0 Å². The predicted molar refractivity (Wildman–Crippen MR) is 77.9 cm³/mol. The van der Waals surface area contributed by atoms with Crippen LogP contribution in [0.25, 0.3) is 0 Å². The third-order valence-electron chi connectivity index (χ3n) is 3.98. The summed E-state index contributed by atoms with van der Waals surface area (Å²) < 4.78 is 5.17. The van der Waals surface area contributed by atoms with Crippen molar-refractivity contribution < 1.29 is 9.21 Å². The molecule has 1 amide bonds. The van der Waals surface area contributed by atoms with E-state index in [9.17, 15) is 4.79 Å². The normalized spacial score (nSPS) is 21.6. The minimum Gasteiger partial charge on any atom is -0.448 e. The number of hydrogen-bond donors (Lipinski definition) is 2. The van der Waals surface area contributed by atoms with Crippen LogP contribution in [-0.2, 0) is 11.2 Å². The number of H-pyrrole nitrogens is 1. The number of aromatic nitrogens is 3. The van der Waals surface area contributed by atoms with Crippen LogP contribution in [0.3, 0.4) is 0 Å². The molecule has 0 spiro atoms. The van der Waals surface area contributed by atoms with Crippen molar-refractivity contribution in [3.8, 4) is 0 Å². The second-order valence-corrected chi connectivity index (χ2v) is 5.93. The van der Waals surface area contributed by atoms with Gasteiger partial charge >= 0.3 is 0 Å². The zero-order chi connectivity index (χ0) is 14.8. The van der Waals surface area contributed by atoms with Crippen molar-refractivity contribution in [2.75, 3.05) is 5.32 Å². The number of rotatable bonds is 4. The molecule has 112 valence electrons. The molecule has 2 N–H and O–H groups in total. The number of nitrogens with one attached hydrogen (secondary N) is 2. The van der Waals surface area contributed by atoms with E-state index < -0.39 is 0 Å². The minimum atomic E-state index is -0.172. The van der Waals surface area contributed by atoms with E-state index in [1.165, 1.54) is 25.5 Å². The van der Waals surface area contributed by atoms with Gasteiger partial charge in [0.25, 0.3) is 0 Å². The third kappa shape index (κ3) is 3.32. The van der Waals surface area contributed by atoms with Crippen LogP contribution in [0, 0.1) is 12.8 Å². The smallest absolute Gasteiger partial charge is 0.234 e. The van der Waals surface area contributed by atoms with Crippen molar-refractivity contribution in [2.24, 2.45) is 5.92 Å². The van der Waals surface area contributed by atoms with E-state index in [0.29, 0.717) is 17.6 Å². The molecule has 0 radical (unpaired) electrons. The number of amides is 1. The van der Waals surface area contributed by atoms with Gasteiger partial charge in [0.05, 0.1) is 5.69 Å². The Morgan fingerprint density at radius 2 is 2.38 bits per heavy atom. The Bertz CT molecular complexity index is 631. The van der Waals surface area contributed by atoms with Crippen LogP contribution in [-0.4, -0.2) is 21.1 Å². The molecule has 1 aliphatic rings. The van der Waals surface area contributed by atoms with Crippen LogP contribution in [0.5, 0.6) is 0 Å². The standard InChI is InChI=1S/C15H20N4O2/c1-9-3-4-11(5-9)12-6-13(19-18-12)17-14(20)7-15-16-10(2)8-21-15/h6,8-9,11H,3-5,7H2,1-2H3,(H2,17,18,19,20)/t9-,11+/m1/s1. The Kier molecular flexibility index (Phi) is 3.77. The fourth-order valence-corrected chi connectivity index (χ4v) is 2.91. The van der Waals surface area contributed by atoms with Gasteiger partial charge in [-0.15, -0.1) is 0 Å². The van der Waals surface area contributed by atoms with Crippen LogP contribution in [0.2, 0.25) is 0 Å². The van der Waals surface area contributed by atoms with E-state index in [1.54, 1.807) is 0 Å². The van der Waals surface area contributed by atoms with E-state index >= 15 is 0 Å². The SMILES string of the molecule is Cc1coc(CC(=O)Nc2cc([C@H]3CC[C@@H](C)C3)[nH]n2)n1. The van der Waals surface area contributed by atoms with Gasteiger partial charge in [0.2, 0.25) is 11.8 Å². The number of hydrogen-bond acceptors (Lipinski definition) is 4. The Morgan fingerprint density at radius 1 is 1.52 bits per heavy atom.